The Morgan fingerprint density at radius 2 is 2.36 bits per heavy atom. The van der Waals surface area contributed by atoms with Crippen LogP contribution < -0.4 is 5.32 Å². The van der Waals surface area contributed by atoms with E-state index in [2.05, 4.69) is 53.8 Å². The molecule has 1 atom stereocenters. The van der Waals surface area contributed by atoms with E-state index in [0.717, 1.165) is 13.0 Å². The highest BCUT2D eigenvalue weighted by atomic mass is 79.9. The molecule has 14 heavy (non-hydrogen) atoms. The van der Waals surface area contributed by atoms with Crippen LogP contribution in [0.25, 0.3) is 0 Å². The van der Waals surface area contributed by atoms with Crippen molar-refractivity contribution in [3.05, 3.63) is 32.9 Å². The van der Waals surface area contributed by atoms with E-state index < -0.39 is 0 Å². The molecule has 1 rings (SSSR count). The van der Waals surface area contributed by atoms with Gasteiger partial charge >= 0.3 is 0 Å². The summed E-state index contributed by atoms with van der Waals surface area (Å²) in [7, 11) is 0. The first-order valence-corrected chi connectivity index (χ1v) is 6.37. The third-order valence-corrected chi connectivity index (χ3v) is 3.68. The Kier molecular flexibility index (Phi) is 4.85. The summed E-state index contributed by atoms with van der Waals surface area (Å²) in [4.78, 5) is 1.38. The molecule has 0 aliphatic heterocycles. The van der Waals surface area contributed by atoms with Crippen molar-refractivity contribution in [2.24, 2.45) is 0 Å². The van der Waals surface area contributed by atoms with Crippen LogP contribution in [-0.4, -0.2) is 6.54 Å². The molecule has 0 fully saturated rings. The maximum Gasteiger partial charge on any atom is 0.0701 e. The van der Waals surface area contributed by atoms with Gasteiger partial charge in [-0.3, -0.25) is 0 Å². The smallest absolute Gasteiger partial charge is 0.0701 e. The van der Waals surface area contributed by atoms with Gasteiger partial charge in [-0.2, -0.15) is 0 Å². The summed E-state index contributed by atoms with van der Waals surface area (Å²) in [6.45, 7) is 9.17. The summed E-state index contributed by atoms with van der Waals surface area (Å²) in [6.07, 6.45) is 1.01. The van der Waals surface area contributed by atoms with Gasteiger partial charge in [0, 0.05) is 10.9 Å². The van der Waals surface area contributed by atoms with Crippen LogP contribution in [0.1, 0.15) is 31.2 Å². The number of hydrogen-bond acceptors (Lipinski definition) is 2. The monoisotopic (exact) mass is 273 g/mol. The van der Waals surface area contributed by atoms with Crippen LogP contribution in [0.15, 0.2) is 28.1 Å². The van der Waals surface area contributed by atoms with E-state index in [9.17, 15) is 0 Å². The second-order valence-corrected chi connectivity index (χ2v) is 5.91. The van der Waals surface area contributed by atoms with Gasteiger partial charge in [0.05, 0.1) is 3.79 Å². The molecule has 1 nitrogen and oxygen atoms in total. The van der Waals surface area contributed by atoms with Crippen molar-refractivity contribution in [1.82, 2.24) is 5.32 Å². The zero-order valence-corrected chi connectivity index (χ0v) is 11.0. The molecule has 0 spiro atoms. The molecular formula is C11H16BrNS. The fourth-order valence-electron chi connectivity index (χ4n) is 1.38. The maximum atomic E-state index is 3.96. The second-order valence-electron chi connectivity index (χ2n) is 3.41. The van der Waals surface area contributed by atoms with Crippen molar-refractivity contribution < 1.29 is 0 Å². The van der Waals surface area contributed by atoms with Crippen LogP contribution in [0.4, 0.5) is 0 Å². The third-order valence-electron chi connectivity index (χ3n) is 1.94. The molecule has 1 N–H and O–H groups in total. The minimum atomic E-state index is 0.425. The highest BCUT2D eigenvalue weighted by Gasteiger charge is 2.12. The first kappa shape index (κ1) is 12.0. The number of hydrogen-bond donors (Lipinski definition) is 1. The summed E-state index contributed by atoms with van der Waals surface area (Å²) < 4.78 is 1.19. The summed E-state index contributed by atoms with van der Waals surface area (Å²) in [5.74, 6) is 0. The van der Waals surface area contributed by atoms with E-state index in [1.165, 1.54) is 14.2 Å². The minimum Gasteiger partial charge on any atom is -0.309 e. The molecule has 1 aromatic rings. The number of thiophene rings is 1. The van der Waals surface area contributed by atoms with Crippen molar-refractivity contribution in [2.45, 2.75) is 26.3 Å². The van der Waals surface area contributed by atoms with Crippen molar-refractivity contribution >= 4 is 27.3 Å². The fourth-order valence-corrected chi connectivity index (χ4v) is 2.88. The predicted octanol–water partition coefficient (Wildman–Crippen LogP) is 4.13. The van der Waals surface area contributed by atoms with Crippen LogP contribution in [0, 0.1) is 0 Å². The van der Waals surface area contributed by atoms with Crippen molar-refractivity contribution in [3.63, 3.8) is 0 Å². The number of nitrogens with one attached hydrogen (secondary N) is 1. The largest absolute Gasteiger partial charge is 0.309 e. The first-order chi connectivity index (χ1) is 6.63. The quantitative estimate of drug-likeness (QED) is 0.796. The van der Waals surface area contributed by atoms with E-state index in [4.69, 9.17) is 0 Å². The van der Waals surface area contributed by atoms with E-state index in [1.54, 1.807) is 11.3 Å². The fraction of sp³-hybridized carbons (Fsp3) is 0.455. The van der Waals surface area contributed by atoms with Gasteiger partial charge in [0.2, 0.25) is 0 Å². The number of halogens is 1. The van der Waals surface area contributed by atoms with Crippen molar-refractivity contribution in [2.75, 3.05) is 6.54 Å². The molecule has 0 aliphatic carbocycles. The Labute approximate surface area is 98.4 Å². The molecule has 1 aromatic heterocycles. The molecule has 1 unspecified atom stereocenters. The lowest BCUT2D eigenvalue weighted by Crippen LogP contribution is -2.20. The predicted molar refractivity (Wildman–Crippen MR) is 67.9 cm³/mol. The van der Waals surface area contributed by atoms with Gasteiger partial charge in [0.25, 0.3) is 0 Å². The third kappa shape index (κ3) is 3.56. The maximum absolute atomic E-state index is 3.96. The zero-order chi connectivity index (χ0) is 10.6. The molecule has 0 aromatic carbocycles. The van der Waals surface area contributed by atoms with Crippen LogP contribution in [-0.2, 0) is 0 Å². The molecule has 0 saturated carbocycles. The number of rotatable bonds is 5. The SMILES string of the molecule is C=C(C)CC(NCC)c1ccc(Br)s1. The standard InChI is InChI=1S/C11H16BrNS/c1-4-13-9(7-8(2)3)10-5-6-11(12)14-10/h5-6,9,13H,2,4,7H2,1,3H3. The van der Waals surface area contributed by atoms with E-state index in [0.29, 0.717) is 6.04 Å². The average Bonchev–Trinajstić information content (AvgIpc) is 2.50. The molecule has 1 heterocycles. The molecule has 0 radical (unpaired) electrons. The van der Waals surface area contributed by atoms with Gasteiger partial charge in [-0.25, -0.2) is 0 Å². The normalized spacial score (nSPS) is 12.8. The molecule has 78 valence electrons. The van der Waals surface area contributed by atoms with Crippen molar-refractivity contribution in [1.29, 1.82) is 0 Å². The van der Waals surface area contributed by atoms with Gasteiger partial charge < -0.3 is 5.32 Å². The van der Waals surface area contributed by atoms with Crippen LogP contribution in [0.5, 0.6) is 0 Å². The summed E-state index contributed by atoms with van der Waals surface area (Å²) >= 11 is 5.28. The minimum absolute atomic E-state index is 0.425. The molecule has 0 bridgehead atoms. The molecule has 0 saturated heterocycles. The summed E-state index contributed by atoms with van der Waals surface area (Å²) in [5, 5.41) is 3.47. The van der Waals surface area contributed by atoms with Gasteiger partial charge in [-0.15, -0.1) is 17.9 Å². The van der Waals surface area contributed by atoms with E-state index >= 15 is 0 Å². The van der Waals surface area contributed by atoms with Gasteiger partial charge in [0.15, 0.2) is 0 Å². The van der Waals surface area contributed by atoms with Gasteiger partial charge in [-0.1, -0.05) is 12.5 Å². The van der Waals surface area contributed by atoms with Crippen LogP contribution in [0.3, 0.4) is 0 Å². The van der Waals surface area contributed by atoms with E-state index in [1.807, 2.05) is 0 Å². The Bertz CT molecular complexity index is 306. The highest BCUT2D eigenvalue weighted by Crippen LogP contribution is 2.30. The van der Waals surface area contributed by atoms with Crippen molar-refractivity contribution in [3.8, 4) is 0 Å². The van der Waals surface area contributed by atoms with E-state index in [-0.39, 0.29) is 0 Å². The average molecular weight is 274 g/mol. The molecular weight excluding hydrogens is 258 g/mol. The summed E-state index contributed by atoms with van der Waals surface area (Å²) in [6, 6.07) is 4.70. The summed E-state index contributed by atoms with van der Waals surface area (Å²) in [5.41, 5.74) is 1.22. The van der Waals surface area contributed by atoms with Gasteiger partial charge in [-0.05, 0) is 48.0 Å². The molecule has 0 amide bonds. The van der Waals surface area contributed by atoms with Crippen LogP contribution >= 0.6 is 27.3 Å². The Balaban J connectivity index is 2.71. The Morgan fingerprint density at radius 1 is 1.64 bits per heavy atom. The Morgan fingerprint density at radius 3 is 2.79 bits per heavy atom. The molecule has 3 heteroatoms. The van der Waals surface area contributed by atoms with Crippen LogP contribution in [0.2, 0.25) is 0 Å². The first-order valence-electron chi connectivity index (χ1n) is 4.76. The highest BCUT2D eigenvalue weighted by molar-refractivity contribution is 9.11. The topological polar surface area (TPSA) is 12.0 Å². The van der Waals surface area contributed by atoms with Gasteiger partial charge in [0.1, 0.15) is 0 Å². The lowest BCUT2D eigenvalue weighted by atomic mass is 10.1. The lowest BCUT2D eigenvalue weighted by Gasteiger charge is -2.16. The lowest BCUT2D eigenvalue weighted by molar-refractivity contribution is 0.556. The second kappa shape index (κ2) is 5.69. The molecule has 0 aliphatic rings. The Hall–Kier alpha value is -0.120. The zero-order valence-electron chi connectivity index (χ0n) is 8.64.